The Bertz CT molecular complexity index is 1190. The smallest absolute Gasteiger partial charge is 0.182 e. The lowest BCUT2D eigenvalue weighted by atomic mass is 10.2. The monoisotopic (exact) mass is 431 g/mol. The highest BCUT2D eigenvalue weighted by atomic mass is 32.1. The Morgan fingerprint density at radius 2 is 1.77 bits per heavy atom. The molecule has 9 heteroatoms. The van der Waals surface area contributed by atoms with Crippen LogP contribution in [-0.4, -0.2) is 51.0 Å². The molecule has 4 aromatic rings. The van der Waals surface area contributed by atoms with Crippen LogP contribution in [-0.2, 0) is 4.74 Å². The summed E-state index contributed by atoms with van der Waals surface area (Å²) in [6.45, 7) is 3.06. The number of benzene rings is 1. The highest BCUT2D eigenvalue weighted by molar-refractivity contribution is 7.80. The quantitative estimate of drug-likeness (QED) is 0.476. The highest BCUT2D eigenvalue weighted by Gasteiger charge is 2.18. The predicted octanol–water partition coefficient (Wildman–Crippen LogP) is 3.44. The number of ether oxygens (including phenoxy) is 1. The summed E-state index contributed by atoms with van der Waals surface area (Å²) < 4.78 is 7.38. The van der Waals surface area contributed by atoms with E-state index >= 15 is 0 Å². The molecule has 0 saturated carbocycles. The van der Waals surface area contributed by atoms with Crippen LogP contribution in [0.2, 0.25) is 0 Å². The van der Waals surface area contributed by atoms with Gasteiger partial charge in [-0.25, -0.2) is 9.50 Å². The molecule has 1 aromatic carbocycles. The summed E-state index contributed by atoms with van der Waals surface area (Å²) in [7, 11) is 0. The van der Waals surface area contributed by atoms with E-state index in [-0.39, 0.29) is 0 Å². The number of thiocarbonyl (C=S) groups is 1. The van der Waals surface area contributed by atoms with Crippen LogP contribution in [0.1, 0.15) is 0 Å². The molecule has 0 spiro atoms. The maximum atomic E-state index is 5.49. The summed E-state index contributed by atoms with van der Waals surface area (Å²) in [5.41, 5.74) is 3.64. The second-order valence-electron chi connectivity index (χ2n) is 7.09. The summed E-state index contributed by atoms with van der Waals surface area (Å²) in [4.78, 5) is 11.2. The van der Waals surface area contributed by atoms with E-state index in [2.05, 4.69) is 25.6 Å². The zero-order chi connectivity index (χ0) is 21.0. The topological polar surface area (TPSA) is 79.6 Å². The number of nitrogens with zero attached hydrogens (tertiary/aromatic N) is 5. The molecular formula is C22H21N7OS. The molecule has 0 bridgehead atoms. The third-order valence-corrected chi connectivity index (χ3v) is 5.21. The van der Waals surface area contributed by atoms with Gasteiger partial charge in [0.2, 0.25) is 0 Å². The maximum Gasteiger partial charge on any atom is 0.182 e. The molecule has 1 aliphatic heterocycles. The molecule has 5 rings (SSSR count). The summed E-state index contributed by atoms with van der Waals surface area (Å²) >= 11 is 5.38. The van der Waals surface area contributed by atoms with E-state index in [0.29, 0.717) is 24.2 Å². The number of aromatic nitrogens is 4. The van der Waals surface area contributed by atoms with Crippen molar-refractivity contribution in [3.8, 4) is 11.4 Å². The molecule has 0 aliphatic carbocycles. The minimum atomic E-state index is 0.500. The van der Waals surface area contributed by atoms with Crippen LogP contribution < -0.4 is 15.5 Å². The average molecular weight is 432 g/mol. The third kappa shape index (κ3) is 4.32. The molecule has 31 heavy (non-hydrogen) atoms. The van der Waals surface area contributed by atoms with Gasteiger partial charge < -0.3 is 20.3 Å². The van der Waals surface area contributed by atoms with Crippen molar-refractivity contribution in [1.29, 1.82) is 0 Å². The van der Waals surface area contributed by atoms with Crippen molar-refractivity contribution in [2.75, 3.05) is 41.8 Å². The van der Waals surface area contributed by atoms with Crippen molar-refractivity contribution in [3.63, 3.8) is 0 Å². The number of pyridine rings is 1. The van der Waals surface area contributed by atoms with E-state index in [1.807, 2.05) is 59.2 Å². The number of rotatable bonds is 4. The van der Waals surface area contributed by atoms with Crippen LogP contribution in [0.15, 0.2) is 67.1 Å². The third-order valence-electron chi connectivity index (χ3n) is 5.00. The molecule has 4 heterocycles. The lowest BCUT2D eigenvalue weighted by Gasteiger charge is -2.28. The second-order valence-corrected chi connectivity index (χ2v) is 7.50. The Morgan fingerprint density at radius 1 is 0.968 bits per heavy atom. The molecule has 0 unspecified atom stereocenters. The predicted molar refractivity (Wildman–Crippen MR) is 126 cm³/mol. The summed E-state index contributed by atoms with van der Waals surface area (Å²) in [5, 5.41) is 11.5. The molecule has 1 aliphatic rings. The summed E-state index contributed by atoms with van der Waals surface area (Å²) in [6.07, 6.45) is 5.39. The molecule has 3 aromatic heterocycles. The molecule has 1 saturated heterocycles. The van der Waals surface area contributed by atoms with E-state index in [9.17, 15) is 0 Å². The first-order chi connectivity index (χ1) is 15.3. The number of anilines is 3. The van der Waals surface area contributed by atoms with E-state index < -0.39 is 0 Å². The van der Waals surface area contributed by atoms with Crippen LogP contribution in [0.5, 0.6) is 0 Å². The molecule has 0 amide bonds. The minimum Gasteiger partial charge on any atom is -0.378 e. The molecule has 2 N–H and O–H groups in total. The normalized spacial score (nSPS) is 13.9. The van der Waals surface area contributed by atoms with Crippen molar-refractivity contribution >= 4 is 40.0 Å². The van der Waals surface area contributed by atoms with Crippen molar-refractivity contribution in [1.82, 2.24) is 19.6 Å². The van der Waals surface area contributed by atoms with Crippen LogP contribution in [0.4, 0.5) is 17.2 Å². The number of hydrogen-bond acceptors (Lipinski definition) is 6. The zero-order valence-corrected chi connectivity index (χ0v) is 17.5. The average Bonchev–Trinajstić information content (AvgIpc) is 3.29. The van der Waals surface area contributed by atoms with Gasteiger partial charge >= 0.3 is 0 Å². The zero-order valence-electron chi connectivity index (χ0n) is 16.7. The van der Waals surface area contributed by atoms with Gasteiger partial charge in [-0.05, 0) is 60.7 Å². The van der Waals surface area contributed by atoms with Crippen molar-refractivity contribution in [2.24, 2.45) is 0 Å². The number of morpholine rings is 1. The van der Waals surface area contributed by atoms with Crippen LogP contribution >= 0.6 is 12.2 Å². The second kappa shape index (κ2) is 8.66. The fourth-order valence-electron chi connectivity index (χ4n) is 3.48. The fraction of sp³-hybridized carbons (Fsp3) is 0.182. The Labute approximate surface area is 184 Å². The maximum absolute atomic E-state index is 5.49. The Kier molecular flexibility index (Phi) is 5.42. The van der Waals surface area contributed by atoms with E-state index in [0.717, 1.165) is 41.4 Å². The Hall–Kier alpha value is -3.56. The van der Waals surface area contributed by atoms with Gasteiger partial charge in [-0.3, -0.25) is 4.98 Å². The van der Waals surface area contributed by atoms with Gasteiger partial charge in [0.1, 0.15) is 5.52 Å². The van der Waals surface area contributed by atoms with Gasteiger partial charge in [0.25, 0.3) is 0 Å². The first-order valence-electron chi connectivity index (χ1n) is 10.0. The number of hydrogen-bond donors (Lipinski definition) is 2. The van der Waals surface area contributed by atoms with Gasteiger partial charge in [-0.2, -0.15) is 0 Å². The molecule has 0 atom stereocenters. The first-order valence-corrected chi connectivity index (χ1v) is 10.4. The molecular weight excluding hydrogens is 410 g/mol. The minimum absolute atomic E-state index is 0.500. The standard InChI is InChI=1S/C22H21N7OS/c31-22(25-18-3-1-9-23-15-18)24-17-7-5-16(6-8-17)20-26-21(28-11-13-30-14-12-28)19-4-2-10-29(19)27-20/h1-10,15H,11-14H2,(H2,24,25,31). The first kappa shape index (κ1) is 19.4. The Balaban J connectivity index is 1.36. The van der Waals surface area contributed by atoms with Gasteiger partial charge in [0.05, 0.1) is 25.1 Å². The van der Waals surface area contributed by atoms with Gasteiger partial charge in [-0.1, -0.05) is 0 Å². The highest BCUT2D eigenvalue weighted by Crippen LogP contribution is 2.25. The SMILES string of the molecule is S=C(Nc1ccc(-c2nc(N3CCOCC3)c3cccn3n2)cc1)Nc1cccnc1. The molecule has 0 radical (unpaired) electrons. The van der Waals surface area contributed by atoms with Crippen molar-refractivity contribution in [2.45, 2.75) is 0 Å². The van der Waals surface area contributed by atoms with Crippen molar-refractivity contribution in [3.05, 3.63) is 67.1 Å². The summed E-state index contributed by atoms with van der Waals surface area (Å²) in [5.74, 6) is 1.61. The van der Waals surface area contributed by atoms with Crippen LogP contribution in [0, 0.1) is 0 Å². The number of fused-ring (bicyclic) bond motifs is 1. The molecule has 156 valence electrons. The van der Waals surface area contributed by atoms with E-state index in [1.54, 1.807) is 12.4 Å². The van der Waals surface area contributed by atoms with E-state index in [1.165, 1.54) is 0 Å². The molecule has 1 fully saturated rings. The van der Waals surface area contributed by atoms with Gasteiger partial charge in [0.15, 0.2) is 16.8 Å². The van der Waals surface area contributed by atoms with Crippen LogP contribution in [0.3, 0.4) is 0 Å². The molecule has 8 nitrogen and oxygen atoms in total. The van der Waals surface area contributed by atoms with Crippen molar-refractivity contribution < 1.29 is 4.74 Å². The number of nitrogens with one attached hydrogen (secondary N) is 2. The largest absolute Gasteiger partial charge is 0.378 e. The lowest BCUT2D eigenvalue weighted by molar-refractivity contribution is 0.122. The van der Waals surface area contributed by atoms with Gasteiger partial charge in [0, 0.05) is 36.7 Å². The Morgan fingerprint density at radius 3 is 2.55 bits per heavy atom. The summed E-state index contributed by atoms with van der Waals surface area (Å²) in [6, 6.07) is 15.7. The lowest BCUT2D eigenvalue weighted by Crippen LogP contribution is -2.37. The van der Waals surface area contributed by atoms with E-state index in [4.69, 9.17) is 21.9 Å². The fourth-order valence-corrected chi connectivity index (χ4v) is 3.72. The van der Waals surface area contributed by atoms with Gasteiger partial charge in [-0.15, -0.1) is 5.10 Å². The van der Waals surface area contributed by atoms with Crippen LogP contribution in [0.25, 0.3) is 16.9 Å².